The molecule has 2 aromatic rings. The van der Waals surface area contributed by atoms with Crippen LogP contribution in [0.2, 0.25) is 0 Å². The summed E-state index contributed by atoms with van der Waals surface area (Å²) in [6.45, 7) is 4.92. The highest BCUT2D eigenvalue weighted by Gasteiger charge is 2.37. The summed E-state index contributed by atoms with van der Waals surface area (Å²) < 4.78 is 18.8. The fraction of sp³-hybridized carbons (Fsp3) is 0.400. The Morgan fingerprint density at radius 3 is 2.00 bits per heavy atom. The van der Waals surface area contributed by atoms with E-state index in [2.05, 4.69) is 15.7 Å². The van der Waals surface area contributed by atoms with Crippen molar-refractivity contribution in [2.75, 3.05) is 0 Å². The van der Waals surface area contributed by atoms with Crippen molar-refractivity contribution in [3.8, 4) is 0 Å². The van der Waals surface area contributed by atoms with Gasteiger partial charge in [0.25, 0.3) is 7.52 Å². The molecule has 36 heavy (non-hydrogen) atoms. The molecule has 0 saturated carbocycles. The van der Waals surface area contributed by atoms with Crippen molar-refractivity contribution in [3.05, 3.63) is 71.8 Å². The van der Waals surface area contributed by atoms with Crippen LogP contribution in [0.15, 0.2) is 60.7 Å². The molecule has 2 amide bonds. The second kappa shape index (κ2) is 13.8. The summed E-state index contributed by atoms with van der Waals surface area (Å²) in [6, 6.07) is 15.4. The van der Waals surface area contributed by atoms with Crippen molar-refractivity contribution in [2.45, 2.75) is 58.1 Å². The average molecular weight is 520 g/mol. The highest BCUT2D eigenvalue weighted by molar-refractivity contribution is 7.56. The minimum Gasteiger partial charge on any atom is -0.480 e. The van der Waals surface area contributed by atoms with Crippen LogP contribution in [-0.4, -0.2) is 45.8 Å². The largest absolute Gasteiger partial charge is 0.480 e. The predicted octanol–water partition coefficient (Wildman–Crippen LogP) is 3.26. The smallest absolute Gasteiger partial charge is 0.408 e. The third-order valence-corrected chi connectivity index (χ3v) is 7.12. The molecule has 196 valence electrons. The van der Waals surface area contributed by atoms with E-state index >= 15 is 0 Å². The zero-order chi connectivity index (χ0) is 26.7. The Morgan fingerprint density at radius 1 is 0.917 bits per heavy atom. The quantitative estimate of drug-likeness (QED) is 0.253. The van der Waals surface area contributed by atoms with Gasteiger partial charge in [0, 0.05) is 6.42 Å². The lowest BCUT2D eigenvalue weighted by Gasteiger charge is -2.29. The van der Waals surface area contributed by atoms with Gasteiger partial charge in [-0.2, -0.15) is 0 Å². The van der Waals surface area contributed by atoms with E-state index in [9.17, 15) is 23.8 Å². The van der Waals surface area contributed by atoms with Crippen molar-refractivity contribution < 1.29 is 33.7 Å². The maximum absolute atomic E-state index is 13.5. The molecule has 10 nitrogen and oxygen atoms in total. The molecule has 0 fully saturated rings. The normalized spacial score (nSPS) is 15.2. The molecule has 0 radical (unpaired) electrons. The summed E-state index contributed by atoms with van der Waals surface area (Å²) in [5.74, 6) is -3.33. The molecule has 2 rings (SSSR count). The first-order valence-electron chi connectivity index (χ1n) is 11.6. The Morgan fingerprint density at radius 2 is 1.47 bits per heavy atom. The van der Waals surface area contributed by atoms with Crippen LogP contribution in [0, 0.1) is 5.92 Å². The molecule has 11 heteroatoms. The van der Waals surface area contributed by atoms with Crippen LogP contribution >= 0.6 is 7.52 Å². The van der Waals surface area contributed by atoms with Crippen LogP contribution in [0.1, 0.15) is 38.3 Å². The Kier molecular flexibility index (Phi) is 11.1. The number of rotatable bonds is 13. The first kappa shape index (κ1) is 29.0. The van der Waals surface area contributed by atoms with Gasteiger partial charge in [0.2, 0.25) is 5.91 Å². The first-order chi connectivity index (χ1) is 17.0. The van der Waals surface area contributed by atoms with E-state index in [1.807, 2.05) is 19.9 Å². The minimum absolute atomic E-state index is 0.0103. The highest BCUT2D eigenvalue weighted by Crippen LogP contribution is 2.43. The molecule has 2 unspecified atom stereocenters. The van der Waals surface area contributed by atoms with Gasteiger partial charge in [0.15, 0.2) is 0 Å². The molecular weight excluding hydrogens is 485 g/mol. The second-order valence-corrected chi connectivity index (χ2v) is 11.0. The molecule has 5 N–H and O–H groups in total. The SMILES string of the molecule is CC(C)C[C@H](NP(=O)(O)C(Cc1ccccc1)NC(=O)OCc1ccccc1)C(=O)N[C@@H](C)C(=O)O. The number of benzene rings is 2. The molecule has 0 aliphatic rings. The zero-order valence-corrected chi connectivity index (χ0v) is 21.5. The minimum atomic E-state index is -4.42. The summed E-state index contributed by atoms with van der Waals surface area (Å²) >= 11 is 0. The molecule has 0 spiro atoms. The number of alkyl carbamates (subject to hydrolysis) is 1. The van der Waals surface area contributed by atoms with Gasteiger partial charge in [-0.05, 0) is 30.4 Å². The third-order valence-electron chi connectivity index (χ3n) is 5.29. The van der Waals surface area contributed by atoms with Crippen molar-refractivity contribution in [3.63, 3.8) is 0 Å². The number of amides is 2. The summed E-state index contributed by atoms with van der Waals surface area (Å²) in [7, 11) is -4.42. The molecule has 0 heterocycles. The number of aliphatic carboxylic acids is 1. The van der Waals surface area contributed by atoms with Crippen molar-refractivity contribution >= 4 is 25.5 Å². The molecule has 4 atom stereocenters. The fourth-order valence-electron chi connectivity index (χ4n) is 3.38. The number of nitrogens with one attached hydrogen (secondary N) is 3. The van der Waals surface area contributed by atoms with E-state index in [-0.39, 0.29) is 25.4 Å². The lowest BCUT2D eigenvalue weighted by atomic mass is 10.0. The number of hydrogen-bond acceptors (Lipinski definition) is 5. The van der Waals surface area contributed by atoms with Crippen LogP contribution in [0.3, 0.4) is 0 Å². The van der Waals surface area contributed by atoms with Crippen LogP contribution in [-0.2, 0) is 31.9 Å². The van der Waals surface area contributed by atoms with Crippen molar-refractivity contribution in [1.29, 1.82) is 0 Å². The first-order valence-corrected chi connectivity index (χ1v) is 13.4. The summed E-state index contributed by atoms with van der Waals surface area (Å²) in [4.78, 5) is 47.5. The molecule has 0 aromatic heterocycles. The van der Waals surface area contributed by atoms with Crippen LogP contribution in [0.4, 0.5) is 4.79 Å². The van der Waals surface area contributed by atoms with Crippen molar-refractivity contribution in [1.82, 2.24) is 15.7 Å². The Hall–Kier alpha value is -3.20. The van der Waals surface area contributed by atoms with E-state index in [1.165, 1.54) is 6.92 Å². The molecular formula is C25H34N3O7P. The van der Waals surface area contributed by atoms with E-state index in [4.69, 9.17) is 9.84 Å². The number of carbonyl (C=O) groups is 3. The van der Waals surface area contributed by atoms with Gasteiger partial charge in [-0.15, -0.1) is 0 Å². The topological polar surface area (TPSA) is 154 Å². The van der Waals surface area contributed by atoms with Gasteiger partial charge in [-0.1, -0.05) is 74.5 Å². The van der Waals surface area contributed by atoms with Gasteiger partial charge in [-0.3, -0.25) is 14.2 Å². The van der Waals surface area contributed by atoms with E-state index in [1.54, 1.807) is 54.6 Å². The van der Waals surface area contributed by atoms with Gasteiger partial charge in [-0.25, -0.2) is 9.88 Å². The van der Waals surface area contributed by atoms with Gasteiger partial charge >= 0.3 is 12.1 Å². The van der Waals surface area contributed by atoms with Gasteiger partial charge in [0.05, 0.1) is 6.04 Å². The van der Waals surface area contributed by atoms with E-state index in [0.29, 0.717) is 5.56 Å². The van der Waals surface area contributed by atoms with Crippen LogP contribution in [0.25, 0.3) is 0 Å². The van der Waals surface area contributed by atoms with Gasteiger partial charge in [0.1, 0.15) is 18.4 Å². The average Bonchev–Trinajstić information content (AvgIpc) is 2.82. The Bertz CT molecular complexity index is 1050. The predicted molar refractivity (Wildman–Crippen MR) is 135 cm³/mol. The third kappa shape index (κ3) is 9.81. The molecule has 0 bridgehead atoms. The monoisotopic (exact) mass is 519 g/mol. The number of carboxylic acid groups (broad SMARTS) is 1. The standard InChI is InChI=1S/C25H34N3O7P/c1-17(2)14-21(23(29)26-18(3)24(30)31)28-36(33,34)22(15-19-10-6-4-7-11-19)27-25(32)35-16-20-12-8-5-9-13-20/h4-13,17-18,21-22H,14-16H2,1-3H3,(H,26,29)(H,27,32)(H,30,31)(H2,28,33,34)/t18-,21-,22?/m0/s1. The van der Waals surface area contributed by atoms with Crippen LogP contribution in [0.5, 0.6) is 0 Å². The lowest BCUT2D eigenvalue weighted by Crippen LogP contribution is -2.50. The molecule has 0 aliphatic carbocycles. The molecule has 0 saturated heterocycles. The lowest BCUT2D eigenvalue weighted by molar-refractivity contribution is -0.141. The number of hydrogen-bond donors (Lipinski definition) is 5. The summed E-state index contributed by atoms with van der Waals surface area (Å²) in [5, 5.41) is 16.4. The maximum Gasteiger partial charge on any atom is 0.408 e. The van der Waals surface area contributed by atoms with Crippen molar-refractivity contribution in [2.24, 2.45) is 5.92 Å². The highest BCUT2D eigenvalue weighted by atomic mass is 31.2. The Balaban J connectivity index is 2.21. The summed E-state index contributed by atoms with van der Waals surface area (Å²) in [6.07, 6.45) is -0.733. The van der Waals surface area contributed by atoms with Crippen LogP contribution < -0.4 is 15.7 Å². The number of ether oxygens (including phenoxy) is 1. The molecule has 2 aromatic carbocycles. The number of carbonyl (C=O) groups excluding carboxylic acids is 2. The Labute approximate surface area is 211 Å². The zero-order valence-electron chi connectivity index (χ0n) is 20.6. The molecule has 0 aliphatic heterocycles. The van der Waals surface area contributed by atoms with E-state index < -0.39 is 43.4 Å². The summed E-state index contributed by atoms with van der Waals surface area (Å²) in [5.41, 5.74) is 1.44. The van der Waals surface area contributed by atoms with E-state index in [0.717, 1.165) is 5.56 Å². The van der Waals surface area contributed by atoms with Gasteiger partial charge < -0.3 is 25.4 Å². The second-order valence-electron chi connectivity index (χ2n) is 8.91. The fourth-order valence-corrected chi connectivity index (χ4v) is 4.97. The number of carboxylic acids is 1. The maximum atomic E-state index is 13.5.